The fourth-order valence-electron chi connectivity index (χ4n) is 2.36. The summed E-state index contributed by atoms with van der Waals surface area (Å²) in [6, 6.07) is 0. The molecule has 1 aliphatic rings. The zero-order valence-corrected chi connectivity index (χ0v) is 11.3. The topological polar surface area (TPSA) is 42.2 Å². The summed E-state index contributed by atoms with van der Waals surface area (Å²) in [4.78, 5) is 7.73. The third-order valence-electron chi connectivity index (χ3n) is 3.04. The molecule has 3 nitrogen and oxygen atoms in total. The predicted octanol–water partition coefficient (Wildman–Crippen LogP) is 2.77. The van der Waals surface area contributed by atoms with Crippen molar-refractivity contribution in [3.05, 3.63) is 11.1 Å². The van der Waals surface area contributed by atoms with Crippen molar-refractivity contribution in [1.82, 2.24) is 9.88 Å². The van der Waals surface area contributed by atoms with E-state index in [9.17, 15) is 0 Å². The number of rotatable bonds is 4. The number of hydrogen-bond acceptors (Lipinski definition) is 4. The summed E-state index contributed by atoms with van der Waals surface area (Å²) in [6.07, 6.45) is 7.56. The Morgan fingerprint density at radius 1 is 1.50 bits per heavy atom. The molecule has 0 radical (unpaired) electrons. The Kier molecular flexibility index (Phi) is 5.52. The van der Waals surface area contributed by atoms with Gasteiger partial charge in [0.15, 0.2) is 5.13 Å². The van der Waals surface area contributed by atoms with Crippen LogP contribution in [0.25, 0.3) is 0 Å². The maximum atomic E-state index is 5.61. The molecular weight excluding hydrogens is 242 g/mol. The molecule has 0 atom stereocenters. The molecule has 0 amide bonds. The van der Waals surface area contributed by atoms with Crippen LogP contribution < -0.4 is 5.73 Å². The van der Waals surface area contributed by atoms with Crippen molar-refractivity contribution in [2.24, 2.45) is 5.92 Å². The van der Waals surface area contributed by atoms with Crippen LogP contribution in [0.15, 0.2) is 6.20 Å². The molecular formula is C11H20ClN3S. The van der Waals surface area contributed by atoms with Crippen molar-refractivity contribution < 1.29 is 0 Å². The first-order valence-electron chi connectivity index (χ1n) is 5.63. The van der Waals surface area contributed by atoms with Gasteiger partial charge in [-0.3, -0.25) is 0 Å². The van der Waals surface area contributed by atoms with Gasteiger partial charge in [-0.2, -0.15) is 0 Å². The Morgan fingerprint density at radius 3 is 2.75 bits per heavy atom. The molecule has 1 saturated carbocycles. The monoisotopic (exact) mass is 261 g/mol. The molecule has 1 aliphatic carbocycles. The molecule has 92 valence electrons. The second kappa shape index (κ2) is 6.42. The first-order chi connectivity index (χ1) is 7.24. The fraction of sp³-hybridized carbons (Fsp3) is 0.727. The Hall–Kier alpha value is -0.320. The lowest BCUT2D eigenvalue weighted by atomic mass is 10.1. The minimum Gasteiger partial charge on any atom is -0.375 e. The third-order valence-corrected chi connectivity index (χ3v) is 3.85. The third kappa shape index (κ3) is 3.92. The van der Waals surface area contributed by atoms with Crippen LogP contribution in [0.1, 0.15) is 30.6 Å². The van der Waals surface area contributed by atoms with Crippen LogP contribution in [0.4, 0.5) is 5.13 Å². The summed E-state index contributed by atoms with van der Waals surface area (Å²) in [5.74, 6) is 0.917. The van der Waals surface area contributed by atoms with Crippen LogP contribution in [0.2, 0.25) is 0 Å². The van der Waals surface area contributed by atoms with Gasteiger partial charge in [0.05, 0.1) is 0 Å². The minimum absolute atomic E-state index is 0. The second-order valence-electron chi connectivity index (χ2n) is 4.51. The van der Waals surface area contributed by atoms with Gasteiger partial charge in [-0.05, 0) is 25.8 Å². The molecule has 0 aliphatic heterocycles. The molecule has 16 heavy (non-hydrogen) atoms. The molecule has 0 saturated heterocycles. The lowest BCUT2D eigenvalue weighted by molar-refractivity contribution is 0.273. The average molecular weight is 262 g/mol. The number of nitrogens with two attached hydrogens (primary N) is 1. The smallest absolute Gasteiger partial charge is 0.180 e. The Bertz CT molecular complexity index is 310. The Morgan fingerprint density at radius 2 is 2.19 bits per heavy atom. The quantitative estimate of drug-likeness (QED) is 0.906. The Balaban J connectivity index is 0.00000128. The largest absolute Gasteiger partial charge is 0.375 e. The van der Waals surface area contributed by atoms with Gasteiger partial charge in [0.1, 0.15) is 0 Å². The van der Waals surface area contributed by atoms with Gasteiger partial charge in [-0.1, -0.05) is 12.8 Å². The highest BCUT2D eigenvalue weighted by atomic mass is 35.5. The lowest BCUT2D eigenvalue weighted by Crippen LogP contribution is -2.23. The molecule has 0 bridgehead atoms. The van der Waals surface area contributed by atoms with Crippen molar-refractivity contribution in [2.45, 2.75) is 32.2 Å². The molecule has 1 heterocycles. The van der Waals surface area contributed by atoms with Gasteiger partial charge in [0.25, 0.3) is 0 Å². The van der Waals surface area contributed by atoms with Crippen molar-refractivity contribution in [3.8, 4) is 0 Å². The molecule has 5 heteroatoms. The van der Waals surface area contributed by atoms with E-state index in [1.165, 1.54) is 37.1 Å². The molecule has 2 rings (SSSR count). The van der Waals surface area contributed by atoms with Crippen LogP contribution in [-0.2, 0) is 6.54 Å². The van der Waals surface area contributed by atoms with Crippen LogP contribution in [-0.4, -0.2) is 23.5 Å². The second-order valence-corrected chi connectivity index (χ2v) is 5.66. The van der Waals surface area contributed by atoms with Gasteiger partial charge in [0, 0.05) is 24.2 Å². The van der Waals surface area contributed by atoms with E-state index in [1.807, 2.05) is 6.20 Å². The summed E-state index contributed by atoms with van der Waals surface area (Å²) in [5.41, 5.74) is 5.61. The van der Waals surface area contributed by atoms with Crippen LogP contribution in [0.3, 0.4) is 0 Å². The molecule has 0 spiro atoms. The highest BCUT2D eigenvalue weighted by molar-refractivity contribution is 7.15. The maximum absolute atomic E-state index is 5.61. The first kappa shape index (κ1) is 13.7. The summed E-state index contributed by atoms with van der Waals surface area (Å²) in [7, 11) is 2.19. The van der Waals surface area contributed by atoms with Crippen LogP contribution >= 0.6 is 23.7 Å². The van der Waals surface area contributed by atoms with Crippen molar-refractivity contribution in [2.75, 3.05) is 19.3 Å². The van der Waals surface area contributed by atoms with Gasteiger partial charge < -0.3 is 10.6 Å². The van der Waals surface area contributed by atoms with E-state index in [-0.39, 0.29) is 12.4 Å². The van der Waals surface area contributed by atoms with Gasteiger partial charge in [0.2, 0.25) is 0 Å². The molecule has 1 aromatic heterocycles. The maximum Gasteiger partial charge on any atom is 0.180 e. The van der Waals surface area contributed by atoms with Gasteiger partial charge in [-0.15, -0.1) is 23.7 Å². The van der Waals surface area contributed by atoms with Crippen molar-refractivity contribution in [3.63, 3.8) is 0 Å². The van der Waals surface area contributed by atoms with E-state index in [1.54, 1.807) is 11.3 Å². The molecule has 2 N–H and O–H groups in total. The molecule has 1 fully saturated rings. The normalized spacial score (nSPS) is 16.6. The number of halogens is 1. The van der Waals surface area contributed by atoms with E-state index >= 15 is 0 Å². The van der Waals surface area contributed by atoms with Gasteiger partial charge >= 0.3 is 0 Å². The molecule has 0 unspecified atom stereocenters. The number of nitrogen functional groups attached to an aromatic ring is 1. The molecule has 1 aromatic rings. The van der Waals surface area contributed by atoms with Gasteiger partial charge in [-0.25, -0.2) is 4.98 Å². The average Bonchev–Trinajstić information content (AvgIpc) is 2.77. The van der Waals surface area contributed by atoms with E-state index in [2.05, 4.69) is 16.9 Å². The van der Waals surface area contributed by atoms with Crippen molar-refractivity contribution in [1.29, 1.82) is 0 Å². The molecule has 0 aromatic carbocycles. The van der Waals surface area contributed by atoms with E-state index in [0.29, 0.717) is 5.13 Å². The Labute approximate surface area is 107 Å². The van der Waals surface area contributed by atoms with E-state index in [0.717, 1.165) is 12.5 Å². The minimum atomic E-state index is 0. The number of anilines is 1. The number of hydrogen-bond donors (Lipinski definition) is 1. The highest BCUT2D eigenvalue weighted by Gasteiger charge is 2.17. The first-order valence-corrected chi connectivity index (χ1v) is 6.44. The zero-order valence-electron chi connectivity index (χ0n) is 9.69. The number of nitrogens with zero attached hydrogens (tertiary/aromatic N) is 2. The fourth-order valence-corrected chi connectivity index (χ4v) is 3.12. The lowest BCUT2D eigenvalue weighted by Gasteiger charge is -2.19. The van der Waals surface area contributed by atoms with Crippen molar-refractivity contribution >= 4 is 28.9 Å². The summed E-state index contributed by atoms with van der Waals surface area (Å²) in [6.45, 7) is 2.21. The highest BCUT2D eigenvalue weighted by Crippen LogP contribution is 2.26. The summed E-state index contributed by atoms with van der Waals surface area (Å²) in [5, 5.41) is 0.680. The SMILES string of the molecule is CN(Cc1cnc(N)s1)CC1CCCC1.Cl. The summed E-state index contributed by atoms with van der Waals surface area (Å²) < 4.78 is 0. The number of aromatic nitrogens is 1. The standard InChI is InChI=1S/C11H19N3S.ClH/c1-14(7-9-4-2-3-5-9)8-10-6-13-11(12)15-10;/h6,9H,2-5,7-8H2,1H3,(H2,12,13);1H. The van der Waals surface area contributed by atoms with E-state index in [4.69, 9.17) is 5.73 Å². The van der Waals surface area contributed by atoms with E-state index < -0.39 is 0 Å². The predicted molar refractivity (Wildman–Crippen MR) is 72.1 cm³/mol. The van der Waals surface area contributed by atoms with Crippen LogP contribution in [0, 0.1) is 5.92 Å². The summed E-state index contributed by atoms with van der Waals surface area (Å²) >= 11 is 1.60. The zero-order chi connectivity index (χ0) is 10.7. The number of thiazole rings is 1. The van der Waals surface area contributed by atoms with Crippen LogP contribution in [0.5, 0.6) is 0 Å².